The Balaban J connectivity index is 1.66. The lowest BCUT2D eigenvalue weighted by atomic mass is 9.98. The fourth-order valence-electron chi connectivity index (χ4n) is 4.27. The van der Waals surface area contributed by atoms with Crippen LogP contribution in [0.5, 0.6) is 5.75 Å². The third-order valence-corrected chi connectivity index (χ3v) is 6.13. The highest BCUT2D eigenvalue weighted by atomic mass is 19.1. The molecule has 1 aromatic heterocycles. The first-order valence-electron chi connectivity index (χ1n) is 11.1. The van der Waals surface area contributed by atoms with E-state index in [1.54, 1.807) is 18.2 Å². The van der Waals surface area contributed by atoms with Crippen molar-refractivity contribution in [3.8, 4) is 34.2 Å². The summed E-state index contributed by atoms with van der Waals surface area (Å²) in [4.78, 5) is 9.15. The number of hydrogen-bond donors (Lipinski definition) is 3. The lowest BCUT2D eigenvalue weighted by molar-refractivity contribution is 0.429. The van der Waals surface area contributed by atoms with E-state index in [2.05, 4.69) is 20.6 Å². The van der Waals surface area contributed by atoms with E-state index in [1.807, 2.05) is 0 Å². The van der Waals surface area contributed by atoms with Gasteiger partial charge in [-0.05, 0) is 67.4 Å². The molecular formula is C26H20F3N5O. The van der Waals surface area contributed by atoms with Gasteiger partial charge in [0.2, 0.25) is 5.95 Å². The van der Waals surface area contributed by atoms with Crippen molar-refractivity contribution in [3.63, 3.8) is 0 Å². The van der Waals surface area contributed by atoms with Crippen LogP contribution < -0.4 is 10.6 Å². The Labute approximate surface area is 199 Å². The summed E-state index contributed by atoms with van der Waals surface area (Å²) in [6.45, 7) is 2.49. The molecule has 0 bridgehead atoms. The summed E-state index contributed by atoms with van der Waals surface area (Å²) in [7, 11) is 0. The quantitative estimate of drug-likeness (QED) is 0.377. The molecule has 1 fully saturated rings. The number of phenols is 1. The molecular weight excluding hydrogens is 455 g/mol. The summed E-state index contributed by atoms with van der Waals surface area (Å²) < 4.78 is 43.6. The molecule has 0 amide bonds. The predicted molar refractivity (Wildman–Crippen MR) is 126 cm³/mol. The van der Waals surface area contributed by atoms with E-state index < -0.39 is 23.2 Å². The van der Waals surface area contributed by atoms with Crippen molar-refractivity contribution in [2.24, 2.45) is 5.92 Å². The smallest absolute Gasteiger partial charge is 0.223 e. The zero-order chi connectivity index (χ0) is 24.5. The van der Waals surface area contributed by atoms with Crippen molar-refractivity contribution >= 4 is 16.9 Å². The molecule has 1 atom stereocenters. The van der Waals surface area contributed by atoms with Crippen molar-refractivity contribution in [2.45, 2.75) is 6.42 Å². The second-order valence-electron chi connectivity index (χ2n) is 8.43. The zero-order valence-electron chi connectivity index (χ0n) is 18.4. The van der Waals surface area contributed by atoms with Gasteiger partial charge in [0.1, 0.15) is 17.7 Å². The highest BCUT2D eigenvalue weighted by Crippen LogP contribution is 2.36. The number of halogens is 3. The Kier molecular flexibility index (Phi) is 5.97. The molecule has 1 aliphatic heterocycles. The van der Waals surface area contributed by atoms with Crippen LogP contribution in [0, 0.1) is 34.7 Å². The van der Waals surface area contributed by atoms with Crippen LogP contribution in [0.1, 0.15) is 12.0 Å². The number of nitriles is 1. The summed E-state index contributed by atoms with van der Waals surface area (Å²) in [5.41, 5.74) is 0.877. The van der Waals surface area contributed by atoms with Crippen molar-refractivity contribution in [1.29, 1.82) is 5.26 Å². The third kappa shape index (κ3) is 4.36. The second kappa shape index (κ2) is 9.24. The number of nitrogens with zero attached hydrogens (tertiary/aromatic N) is 3. The van der Waals surface area contributed by atoms with Crippen molar-refractivity contribution < 1.29 is 18.3 Å². The van der Waals surface area contributed by atoms with Crippen LogP contribution in [-0.2, 0) is 0 Å². The van der Waals surface area contributed by atoms with E-state index in [1.165, 1.54) is 24.3 Å². The Morgan fingerprint density at radius 2 is 1.86 bits per heavy atom. The minimum atomic E-state index is -1.08. The van der Waals surface area contributed by atoms with Crippen LogP contribution >= 0.6 is 0 Å². The van der Waals surface area contributed by atoms with Crippen LogP contribution in [0.3, 0.4) is 0 Å². The Morgan fingerprint density at radius 1 is 1.03 bits per heavy atom. The number of fused-ring (bicyclic) bond motifs is 1. The van der Waals surface area contributed by atoms with Gasteiger partial charge in [0.25, 0.3) is 0 Å². The number of rotatable bonds is 5. The molecule has 4 aromatic rings. The molecule has 2 heterocycles. The lowest BCUT2D eigenvalue weighted by Gasteiger charge is -2.14. The van der Waals surface area contributed by atoms with E-state index in [9.17, 15) is 18.3 Å². The topological polar surface area (TPSA) is 93.9 Å². The Morgan fingerprint density at radius 3 is 2.60 bits per heavy atom. The number of aromatic nitrogens is 2. The standard InChI is InChI=1S/C26H20F3N5O/c27-19-4-6-22(35)24(29)23(19)15-3-5-21-18(9-15)25(16-1-2-17(11-30)20(28)10-16)34-26(33-21)32-13-14-7-8-31-12-14/h1-6,9-10,14,31,35H,7-8,12-13H2,(H,32,33,34). The van der Waals surface area contributed by atoms with E-state index in [-0.39, 0.29) is 16.7 Å². The molecule has 0 aliphatic carbocycles. The molecule has 0 spiro atoms. The van der Waals surface area contributed by atoms with Crippen LogP contribution in [0.2, 0.25) is 0 Å². The average molecular weight is 475 g/mol. The van der Waals surface area contributed by atoms with Crippen molar-refractivity contribution in [1.82, 2.24) is 15.3 Å². The van der Waals surface area contributed by atoms with Crippen LogP contribution in [0.25, 0.3) is 33.3 Å². The first kappa shape index (κ1) is 22.6. The van der Waals surface area contributed by atoms with Gasteiger partial charge in [0.15, 0.2) is 11.6 Å². The van der Waals surface area contributed by atoms with Crippen molar-refractivity contribution in [3.05, 3.63) is 71.5 Å². The van der Waals surface area contributed by atoms with Crippen molar-refractivity contribution in [2.75, 3.05) is 25.0 Å². The maximum Gasteiger partial charge on any atom is 0.223 e. The lowest BCUT2D eigenvalue weighted by Crippen LogP contribution is -2.18. The van der Waals surface area contributed by atoms with E-state index >= 15 is 0 Å². The SMILES string of the molecule is N#Cc1ccc(-c2nc(NCC3CCNC3)nc3ccc(-c4c(F)ccc(O)c4F)cc23)cc1F. The van der Waals surface area contributed by atoms with Crippen LogP contribution in [0.4, 0.5) is 19.1 Å². The summed E-state index contributed by atoms with van der Waals surface area (Å²) in [6.07, 6.45) is 1.03. The second-order valence-corrected chi connectivity index (χ2v) is 8.43. The van der Waals surface area contributed by atoms with E-state index in [0.717, 1.165) is 31.6 Å². The first-order chi connectivity index (χ1) is 16.9. The number of anilines is 1. The van der Waals surface area contributed by atoms with Gasteiger partial charge < -0.3 is 15.7 Å². The number of phenolic OH excluding ortho intramolecular Hbond substituents is 1. The number of hydrogen-bond acceptors (Lipinski definition) is 6. The molecule has 1 unspecified atom stereocenters. The maximum atomic E-state index is 14.6. The fraction of sp³-hybridized carbons (Fsp3) is 0.192. The zero-order valence-corrected chi connectivity index (χ0v) is 18.4. The largest absolute Gasteiger partial charge is 0.505 e. The molecule has 3 N–H and O–H groups in total. The average Bonchev–Trinajstić information content (AvgIpc) is 3.38. The maximum absolute atomic E-state index is 14.6. The van der Waals surface area contributed by atoms with Gasteiger partial charge in [0.05, 0.1) is 22.3 Å². The summed E-state index contributed by atoms with van der Waals surface area (Å²) in [5.74, 6) is -2.54. The summed E-state index contributed by atoms with van der Waals surface area (Å²) >= 11 is 0. The normalized spacial score (nSPS) is 15.3. The van der Waals surface area contributed by atoms with Gasteiger partial charge in [-0.25, -0.2) is 23.1 Å². The van der Waals surface area contributed by atoms with E-state index in [4.69, 9.17) is 5.26 Å². The van der Waals surface area contributed by atoms with Gasteiger partial charge >= 0.3 is 0 Å². The predicted octanol–water partition coefficient (Wildman–Crippen LogP) is 4.98. The molecule has 35 heavy (non-hydrogen) atoms. The van der Waals surface area contributed by atoms with Gasteiger partial charge in [-0.15, -0.1) is 0 Å². The summed E-state index contributed by atoms with van der Waals surface area (Å²) in [6, 6.07) is 12.4. The number of aromatic hydroxyl groups is 1. The Hall–Kier alpha value is -4.16. The van der Waals surface area contributed by atoms with Gasteiger partial charge in [0, 0.05) is 17.5 Å². The van der Waals surface area contributed by atoms with Gasteiger partial charge in [-0.3, -0.25) is 0 Å². The molecule has 3 aromatic carbocycles. The number of nitrogens with one attached hydrogen (secondary N) is 2. The number of benzene rings is 3. The minimum absolute atomic E-state index is 0.108. The molecule has 1 saturated heterocycles. The molecule has 176 valence electrons. The summed E-state index contributed by atoms with van der Waals surface area (Å²) in [5, 5.41) is 25.8. The van der Waals surface area contributed by atoms with Crippen LogP contribution in [-0.4, -0.2) is 34.7 Å². The molecule has 0 saturated carbocycles. The highest BCUT2D eigenvalue weighted by molar-refractivity contribution is 5.96. The van der Waals surface area contributed by atoms with Gasteiger partial charge in [-0.1, -0.05) is 12.1 Å². The fourth-order valence-corrected chi connectivity index (χ4v) is 4.27. The molecule has 5 rings (SSSR count). The van der Waals surface area contributed by atoms with E-state index in [0.29, 0.717) is 40.6 Å². The Bertz CT molecular complexity index is 1480. The molecule has 6 nitrogen and oxygen atoms in total. The first-order valence-corrected chi connectivity index (χ1v) is 11.1. The molecule has 9 heteroatoms. The minimum Gasteiger partial charge on any atom is -0.505 e. The molecule has 0 radical (unpaired) electrons. The molecule has 1 aliphatic rings. The van der Waals surface area contributed by atoms with Crippen LogP contribution in [0.15, 0.2) is 48.5 Å². The monoisotopic (exact) mass is 475 g/mol. The highest BCUT2D eigenvalue weighted by Gasteiger charge is 2.19. The third-order valence-electron chi connectivity index (χ3n) is 6.13. The van der Waals surface area contributed by atoms with Gasteiger partial charge in [-0.2, -0.15) is 5.26 Å².